The number of carbonyl (C=O) groups is 1. The molecule has 3 rings (SSSR count). The second-order valence-corrected chi connectivity index (χ2v) is 5.44. The van der Waals surface area contributed by atoms with Gasteiger partial charge in [-0.2, -0.15) is 0 Å². The van der Waals surface area contributed by atoms with Gasteiger partial charge in [-0.3, -0.25) is 9.78 Å². The van der Waals surface area contributed by atoms with Crippen LogP contribution >= 0.6 is 0 Å². The summed E-state index contributed by atoms with van der Waals surface area (Å²) in [7, 11) is 0. The van der Waals surface area contributed by atoms with E-state index >= 15 is 0 Å². The molecule has 2 N–H and O–H groups in total. The van der Waals surface area contributed by atoms with Gasteiger partial charge in [0.1, 0.15) is 11.9 Å². The molecule has 1 atom stereocenters. The Balaban J connectivity index is 1.65. The number of hydrogen-bond donors (Lipinski definition) is 1. The molecule has 1 aromatic heterocycles. The van der Waals surface area contributed by atoms with Crippen LogP contribution in [0.3, 0.4) is 0 Å². The van der Waals surface area contributed by atoms with Crippen molar-refractivity contribution < 1.29 is 9.53 Å². The van der Waals surface area contributed by atoms with Crippen molar-refractivity contribution in [3.63, 3.8) is 0 Å². The molecule has 22 heavy (non-hydrogen) atoms. The molecule has 1 unspecified atom stereocenters. The fourth-order valence-electron chi connectivity index (χ4n) is 2.64. The van der Waals surface area contributed by atoms with Gasteiger partial charge in [-0.05, 0) is 49.2 Å². The van der Waals surface area contributed by atoms with Gasteiger partial charge >= 0.3 is 0 Å². The number of likely N-dealkylation sites (tertiary alicyclic amines) is 1. The molecule has 0 radical (unpaired) electrons. The molecule has 1 fully saturated rings. The maximum absolute atomic E-state index is 12.5. The lowest BCUT2D eigenvalue weighted by atomic mass is 10.1. The van der Waals surface area contributed by atoms with Crippen LogP contribution < -0.4 is 10.5 Å². The monoisotopic (exact) mass is 297 g/mol. The molecule has 2 aromatic rings. The number of rotatable bonds is 3. The molecule has 114 valence electrons. The summed E-state index contributed by atoms with van der Waals surface area (Å²) in [6.07, 6.45) is 5.30. The summed E-state index contributed by atoms with van der Waals surface area (Å²) in [6, 6.07) is 10.8. The highest BCUT2D eigenvalue weighted by atomic mass is 16.5. The third kappa shape index (κ3) is 3.36. The van der Waals surface area contributed by atoms with E-state index in [1.807, 2.05) is 17.0 Å². The first-order valence-corrected chi connectivity index (χ1v) is 7.44. The summed E-state index contributed by atoms with van der Waals surface area (Å²) in [5, 5.41) is 0. The molecule has 1 amide bonds. The van der Waals surface area contributed by atoms with Crippen LogP contribution in [-0.2, 0) is 0 Å². The summed E-state index contributed by atoms with van der Waals surface area (Å²) >= 11 is 0. The molecule has 1 aliphatic heterocycles. The van der Waals surface area contributed by atoms with Crippen molar-refractivity contribution in [1.82, 2.24) is 9.88 Å². The SMILES string of the molecule is Nc1ccc(C(=O)N2CCCC(Oc3cccnc3)C2)cc1. The fraction of sp³-hybridized carbons (Fsp3) is 0.294. The molecule has 5 heteroatoms. The fourth-order valence-corrected chi connectivity index (χ4v) is 2.64. The van der Waals surface area contributed by atoms with Crippen molar-refractivity contribution >= 4 is 11.6 Å². The van der Waals surface area contributed by atoms with E-state index in [4.69, 9.17) is 10.5 Å². The number of amides is 1. The summed E-state index contributed by atoms with van der Waals surface area (Å²) in [4.78, 5) is 18.4. The Hall–Kier alpha value is -2.56. The molecule has 1 aliphatic rings. The van der Waals surface area contributed by atoms with Crippen molar-refractivity contribution in [2.45, 2.75) is 18.9 Å². The first-order valence-electron chi connectivity index (χ1n) is 7.44. The zero-order valence-electron chi connectivity index (χ0n) is 12.3. The van der Waals surface area contributed by atoms with Crippen molar-refractivity contribution in [2.75, 3.05) is 18.8 Å². The van der Waals surface area contributed by atoms with E-state index in [1.54, 1.807) is 36.7 Å². The van der Waals surface area contributed by atoms with Gasteiger partial charge in [0.05, 0.1) is 12.7 Å². The number of nitrogens with two attached hydrogens (primary N) is 1. The smallest absolute Gasteiger partial charge is 0.253 e. The zero-order valence-corrected chi connectivity index (χ0v) is 12.3. The minimum atomic E-state index is 0.00989. The highest BCUT2D eigenvalue weighted by Gasteiger charge is 2.25. The predicted molar refractivity (Wildman–Crippen MR) is 84.6 cm³/mol. The number of hydrogen-bond acceptors (Lipinski definition) is 4. The quantitative estimate of drug-likeness (QED) is 0.883. The number of nitrogens with zero attached hydrogens (tertiary/aromatic N) is 2. The van der Waals surface area contributed by atoms with E-state index in [2.05, 4.69) is 4.98 Å². The maximum Gasteiger partial charge on any atom is 0.253 e. The van der Waals surface area contributed by atoms with Crippen molar-refractivity contribution in [1.29, 1.82) is 0 Å². The summed E-state index contributed by atoms with van der Waals surface area (Å²) in [5.74, 6) is 0.772. The first kappa shape index (κ1) is 14.4. The van der Waals surface area contributed by atoms with Gasteiger partial charge in [-0.1, -0.05) is 0 Å². The Labute approximate surface area is 129 Å². The lowest BCUT2D eigenvalue weighted by molar-refractivity contribution is 0.0537. The van der Waals surface area contributed by atoms with Crippen molar-refractivity contribution in [3.05, 3.63) is 54.4 Å². The van der Waals surface area contributed by atoms with Gasteiger partial charge in [0, 0.05) is 24.0 Å². The van der Waals surface area contributed by atoms with Gasteiger partial charge in [0.25, 0.3) is 5.91 Å². The molecular formula is C17H19N3O2. The summed E-state index contributed by atoms with van der Waals surface area (Å²) in [6.45, 7) is 1.36. The van der Waals surface area contributed by atoms with Crippen LogP contribution in [0.25, 0.3) is 0 Å². The minimum absolute atomic E-state index is 0.00989. The second-order valence-electron chi connectivity index (χ2n) is 5.44. The van der Waals surface area contributed by atoms with Gasteiger partial charge in [0.2, 0.25) is 0 Å². The highest BCUT2D eigenvalue weighted by molar-refractivity contribution is 5.94. The number of pyridine rings is 1. The molecule has 5 nitrogen and oxygen atoms in total. The Morgan fingerprint density at radius 3 is 2.82 bits per heavy atom. The largest absolute Gasteiger partial charge is 0.487 e. The third-order valence-corrected chi connectivity index (χ3v) is 3.76. The maximum atomic E-state index is 12.5. The Bertz CT molecular complexity index is 628. The van der Waals surface area contributed by atoms with Gasteiger partial charge in [-0.25, -0.2) is 0 Å². The lowest BCUT2D eigenvalue weighted by Gasteiger charge is -2.33. The Morgan fingerprint density at radius 1 is 1.27 bits per heavy atom. The minimum Gasteiger partial charge on any atom is -0.487 e. The zero-order chi connectivity index (χ0) is 15.4. The van der Waals surface area contributed by atoms with Crippen molar-refractivity contribution in [3.8, 4) is 5.75 Å². The molecule has 2 heterocycles. The van der Waals surface area contributed by atoms with Crippen LogP contribution in [0.1, 0.15) is 23.2 Å². The van der Waals surface area contributed by atoms with Crippen LogP contribution in [0.2, 0.25) is 0 Å². The van der Waals surface area contributed by atoms with Crippen LogP contribution in [0.4, 0.5) is 5.69 Å². The molecule has 1 saturated heterocycles. The van der Waals surface area contributed by atoms with Gasteiger partial charge < -0.3 is 15.4 Å². The molecule has 0 spiro atoms. The second kappa shape index (κ2) is 6.47. The Morgan fingerprint density at radius 2 is 2.09 bits per heavy atom. The van der Waals surface area contributed by atoms with E-state index in [0.29, 0.717) is 17.8 Å². The third-order valence-electron chi connectivity index (χ3n) is 3.76. The highest BCUT2D eigenvalue weighted by Crippen LogP contribution is 2.19. The molecule has 0 saturated carbocycles. The molecule has 1 aromatic carbocycles. The van der Waals surface area contributed by atoms with E-state index in [-0.39, 0.29) is 12.0 Å². The average Bonchev–Trinajstić information content (AvgIpc) is 2.56. The van der Waals surface area contributed by atoms with Crippen LogP contribution in [0, 0.1) is 0 Å². The molecule has 0 bridgehead atoms. The van der Waals surface area contributed by atoms with Gasteiger partial charge in [0.15, 0.2) is 0 Å². The van der Waals surface area contributed by atoms with Crippen molar-refractivity contribution in [2.24, 2.45) is 0 Å². The normalized spacial score (nSPS) is 18.0. The van der Waals surface area contributed by atoms with E-state index < -0.39 is 0 Å². The standard InChI is InChI=1S/C17H19N3O2/c18-14-7-5-13(6-8-14)17(21)20-10-2-4-16(12-20)22-15-3-1-9-19-11-15/h1,3,5-9,11,16H,2,4,10,12,18H2. The van der Waals surface area contributed by atoms with Crippen LogP contribution in [-0.4, -0.2) is 35.0 Å². The number of anilines is 1. The van der Waals surface area contributed by atoms with Crippen LogP contribution in [0.15, 0.2) is 48.8 Å². The number of piperidine rings is 1. The number of nitrogen functional groups attached to an aromatic ring is 1. The number of carbonyl (C=O) groups excluding carboxylic acids is 1. The number of benzene rings is 1. The number of aromatic nitrogens is 1. The summed E-state index contributed by atoms with van der Waals surface area (Å²) in [5.41, 5.74) is 6.99. The lowest BCUT2D eigenvalue weighted by Crippen LogP contribution is -2.44. The number of ether oxygens (including phenoxy) is 1. The van der Waals surface area contributed by atoms with Gasteiger partial charge in [-0.15, -0.1) is 0 Å². The molecular weight excluding hydrogens is 278 g/mol. The average molecular weight is 297 g/mol. The molecule has 0 aliphatic carbocycles. The van der Waals surface area contributed by atoms with E-state index in [9.17, 15) is 4.79 Å². The first-order chi connectivity index (χ1) is 10.7. The Kier molecular flexibility index (Phi) is 4.23. The topological polar surface area (TPSA) is 68.5 Å². The van der Waals surface area contributed by atoms with E-state index in [0.717, 1.165) is 25.1 Å². The summed E-state index contributed by atoms with van der Waals surface area (Å²) < 4.78 is 5.91. The van der Waals surface area contributed by atoms with E-state index in [1.165, 1.54) is 0 Å². The predicted octanol–water partition coefficient (Wildman–Crippen LogP) is 2.35. The van der Waals surface area contributed by atoms with Crippen LogP contribution in [0.5, 0.6) is 5.75 Å².